The number of benzene rings is 1. The SMILES string of the molecule is CCC(N)(CN)Cc1ccccc1.[Cl][Pt][Cl]. The van der Waals surface area contributed by atoms with Gasteiger partial charge in [-0.1, -0.05) is 37.3 Å². The Morgan fingerprint density at radius 3 is 2.12 bits per heavy atom. The van der Waals surface area contributed by atoms with Gasteiger partial charge in [0.15, 0.2) is 0 Å². The molecule has 0 aliphatic heterocycles. The molecule has 1 aromatic carbocycles. The van der Waals surface area contributed by atoms with Crippen molar-refractivity contribution >= 4 is 18.8 Å². The summed E-state index contributed by atoms with van der Waals surface area (Å²) in [6, 6.07) is 10.2. The van der Waals surface area contributed by atoms with Crippen LogP contribution in [0.5, 0.6) is 0 Å². The van der Waals surface area contributed by atoms with E-state index in [-0.39, 0.29) is 5.54 Å². The maximum atomic E-state index is 6.10. The summed E-state index contributed by atoms with van der Waals surface area (Å²) < 4.78 is 0. The summed E-state index contributed by atoms with van der Waals surface area (Å²) in [5, 5.41) is 0. The number of halogens is 2. The van der Waals surface area contributed by atoms with Crippen molar-refractivity contribution in [3.05, 3.63) is 35.9 Å². The first kappa shape index (κ1) is 16.4. The molecule has 5 heteroatoms. The summed E-state index contributed by atoms with van der Waals surface area (Å²) in [6.45, 7) is 2.62. The summed E-state index contributed by atoms with van der Waals surface area (Å²) in [7, 11) is 9.75. The predicted octanol–water partition coefficient (Wildman–Crippen LogP) is 2.67. The molecule has 16 heavy (non-hydrogen) atoms. The van der Waals surface area contributed by atoms with Crippen molar-refractivity contribution in [2.75, 3.05) is 6.54 Å². The molecule has 0 saturated carbocycles. The van der Waals surface area contributed by atoms with Crippen LogP contribution in [0.4, 0.5) is 0 Å². The van der Waals surface area contributed by atoms with Gasteiger partial charge in [-0.15, -0.1) is 0 Å². The summed E-state index contributed by atoms with van der Waals surface area (Å²) in [5.41, 5.74) is 12.8. The second kappa shape index (κ2) is 9.44. The van der Waals surface area contributed by atoms with Crippen LogP contribution in [0.1, 0.15) is 18.9 Å². The van der Waals surface area contributed by atoms with Crippen LogP contribution in [0, 0.1) is 0 Å². The fourth-order valence-corrected chi connectivity index (χ4v) is 1.34. The van der Waals surface area contributed by atoms with Gasteiger partial charge in [-0.25, -0.2) is 0 Å². The molecule has 1 rings (SSSR count). The average Bonchev–Trinajstić information content (AvgIpc) is 2.31. The minimum atomic E-state index is -0.472. The Bertz CT molecular complexity index is 266. The Morgan fingerprint density at radius 1 is 1.25 bits per heavy atom. The van der Waals surface area contributed by atoms with Gasteiger partial charge >= 0.3 is 35.3 Å². The molecule has 1 atom stereocenters. The van der Waals surface area contributed by atoms with E-state index in [4.69, 9.17) is 30.3 Å². The number of rotatable bonds is 4. The molecule has 4 N–H and O–H groups in total. The van der Waals surface area contributed by atoms with Gasteiger partial charge < -0.3 is 11.5 Å². The average molecular weight is 444 g/mol. The summed E-state index contributed by atoms with van der Waals surface area (Å²) in [4.78, 5) is 0. The number of nitrogens with two attached hydrogens (primary N) is 2. The van der Waals surface area contributed by atoms with Crippen molar-refractivity contribution in [2.24, 2.45) is 11.5 Å². The molecule has 0 saturated heterocycles. The van der Waals surface area contributed by atoms with Crippen molar-refractivity contribution in [1.29, 1.82) is 0 Å². The van der Waals surface area contributed by atoms with Gasteiger partial charge in [-0.2, -0.15) is 0 Å². The van der Waals surface area contributed by atoms with Crippen LogP contribution in [0.2, 0.25) is 0 Å². The maximum absolute atomic E-state index is 6.10. The Kier molecular flexibility index (Phi) is 9.68. The van der Waals surface area contributed by atoms with Crippen molar-refractivity contribution in [2.45, 2.75) is 25.3 Å². The fourth-order valence-electron chi connectivity index (χ4n) is 1.34. The number of hydrogen-bond acceptors (Lipinski definition) is 2. The van der Waals surface area contributed by atoms with Crippen LogP contribution in [0.3, 0.4) is 0 Å². The quantitative estimate of drug-likeness (QED) is 0.751. The standard InChI is InChI=1S/C11H18N2.2ClH.Pt/c1-2-11(13,9-12)8-10-6-4-3-5-7-10;;;/h3-7H,2,8-9,12-13H2,1H3;2*1H;/q;;;+2/p-2. The third-order valence-electron chi connectivity index (χ3n) is 2.51. The summed E-state index contributed by atoms with van der Waals surface area (Å²) in [5.74, 6) is 0. The normalized spacial score (nSPS) is 13.8. The van der Waals surface area contributed by atoms with E-state index in [0.29, 0.717) is 6.54 Å². The third kappa shape index (κ3) is 6.88. The van der Waals surface area contributed by atoms with E-state index < -0.39 is 16.5 Å². The molecule has 0 aliphatic rings. The van der Waals surface area contributed by atoms with Crippen LogP contribution < -0.4 is 11.5 Å². The topological polar surface area (TPSA) is 52.0 Å². The molecule has 1 aromatic rings. The van der Waals surface area contributed by atoms with E-state index in [1.807, 2.05) is 18.2 Å². The molecule has 2 nitrogen and oxygen atoms in total. The van der Waals surface area contributed by atoms with Crippen LogP contribution in [0.15, 0.2) is 30.3 Å². The van der Waals surface area contributed by atoms with E-state index in [2.05, 4.69) is 19.1 Å². The van der Waals surface area contributed by atoms with Crippen molar-refractivity contribution in [3.63, 3.8) is 0 Å². The molecule has 1 unspecified atom stereocenters. The molecule has 0 aromatic heterocycles. The van der Waals surface area contributed by atoms with Gasteiger partial charge in [-0.05, 0) is 18.4 Å². The Morgan fingerprint density at radius 2 is 1.75 bits per heavy atom. The molecular formula is C11H18Cl2N2Pt. The molecule has 0 heterocycles. The van der Waals surface area contributed by atoms with Crippen molar-refractivity contribution in [3.8, 4) is 0 Å². The first-order valence-electron chi connectivity index (χ1n) is 4.97. The van der Waals surface area contributed by atoms with E-state index in [9.17, 15) is 0 Å². The number of hydrogen-bond donors (Lipinski definition) is 2. The second-order valence-electron chi connectivity index (χ2n) is 3.63. The molecular weight excluding hydrogens is 426 g/mol. The molecule has 0 amide bonds. The monoisotopic (exact) mass is 443 g/mol. The molecule has 0 spiro atoms. The third-order valence-corrected chi connectivity index (χ3v) is 2.51. The zero-order chi connectivity index (χ0) is 12.4. The molecule has 0 aliphatic carbocycles. The van der Waals surface area contributed by atoms with Gasteiger partial charge in [0.2, 0.25) is 0 Å². The van der Waals surface area contributed by atoms with E-state index in [1.165, 1.54) is 5.56 Å². The van der Waals surface area contributed by atoms with Crippen molar-refractivity contribution in [1.82, 2.24) is 0 Å². The van der Waals surface area contributed by atoms with Crippen LogP contribution >= 0.6 is 18.8 Å². The second-order valence-corrected chi connectivity index (χ2v) is 6.91. The van der Waals surface area contributed by atoms with Crippen molar-refractivity contribution < 1.29 is 16.5 Å². The zero-order valence-corrected chi connectivity index (χ0v) is 13.0. The minimum absolute atomic E-state index is 0.235. The van der Waals surface area contributed by atoms with Gasteiger partial charge in [0.25, 0.3) is 0 Å². The Labute approximate surface area is 114 Å². The molecule has 0 fully saturated rings. The van der Waals surface area contributed by atoms with Gasteiger partial charge in [0.1, 0.15) is 0 Å². The van der Waals surface area contributed by atoms with Crippen LogP contribution in [0.25, 0.3) is 0 Å². The van der Waals surface area contributed by atoms with Gasteiger partial charge in [0.05, 0.1) is 0 Å². The first-order chi connectivity index (χ1) is 7.61. The van der Waals surface area contributed by atoms with Crippen LogP contribution in [-0.4, -0.2) is 12.1 Å². The van der Waals surface area contributed by atoms with Gasteiger partial charge in [0, 0.05) is 12.1 Å². The summed E-state index contributed by atoms with van der Waals surface area (Å²) in [6.07, 6.45) is 1.78. The summed E-state index contributed by atoms with van der Waals surface area (Å²) >= 11 is -0.472. The van der Waals surface area contributed by atoms with E-state index in [1.54, 1.807) is 0 Å². The molecule has 0 bridgehead atoms. The van der Waals surface area contributed by atoms with Gasteiger partial charge in [-0.3, -0.25) is 0 Å². The predicted molar refractivity (Wildman–Crippen MR) is 68.1 cm³/mol. The van der Waals surface area contributed by atoms with E-state index in [0.717, 1.165) is 12.8 Å². The first-order valence-corrected chi connectivity index (χ1v) is 10.6. The van der Waals surface area contributed by atoms with E-state index >= 15 is 0 Å². The van der Waals surface area contributed by atoms with Crippen LogP contribution in [-0.2, 0) is 22.9 Å². The zero-order valence-electron chi connectivity index (χ0n) is 9.23. The molecule has 0 radical (unpaired) electrons. The molecule has 96 valence electrons. The Balaban J connectivity index is 0.000000673. The fraction of sp³-hybridized carbons (Fsp3) is 0.455. The Hall–Kier alpha value is 0.408.